The zero-order valence-corrected chi connectivity index (χ0v) is 20.3. The normalized spacial score (nSPS) is 12.3. The summed E-state index contributed by atoms with van der Waals surface area (Å²) in [6.07, 6.45) is 6.26. The van der Waals surface area contributed by atoms with Crippen molar-refractivity contribution >= 4 is 22.7 Å². The molecule has 1 aliphatic heterocycles. The molecule has 1 N–H and O–H groups in total. The van der Waals surface area contributed by atoms with Crippen molar-refractivity contribution in [3.8, 4) is 39.3 Å². The van der Waals surface area contributed by atoms with Gasteiger partial charge in [0.2, 0.25) is 0 Å². The number of para-hydroxylation sites is 1. The highest BCUT2D eigenvalue weighted by atomic mass is 15.0. The maximum absolute atomic E-state index is 4.65. The number of aromatic nitrogens is 2. The molecule has 0 saturated carbocycles. The van der Waals surface area contributed by atoms with Gasteiger partial charge in [-0.1, -0.05) is 91.0 Å². The Balaban J connectivity index is 1.36. The quantitative estimate of drug-likeness (QED) is 0.277. The molecule has 0 saturated heterocycles. The summed E-state index contributed by atoms with van der Waals surface area (Å²) in [5, 5.41) is 4.69. The number of nitrogens with one attached hydrogen (secondary N) is 1. The van der Waals surface area contributed by atoms with Gasteiger partial charge in [-0.15, -0.1) is 0 Å². The molecular weight excluding hydrogens is 450 g/mol. The number of fused-ring (bicyclic) bond motifs is 3. The van der Waals surface area contributed by atoms with E-state index < -0.39 is 0 Å². The molecule has 0 fully saturated rings. The van der Waals surface area contributed by atoms with Gasteiger partial charge in [0.05, 0.1) is 22.6 Å². The lowest BCUT2D eigenvalue weighted by Gasteiger charge is -2.19. The van der Waals surface area contributed by atoms with Gasteiger partial charge in [-0.05, 0) is 58.7 Å². The average molecular weight is 476 g/mol. The molecule has 2 aromatic heterocycles. The van der Waals surface area contributed by atoms with Crippen molar-refractivity contribution in [2.45, 2.75) is 0 Å². The third kappa shape index (κ3) is 3.73. The highest BCUT2D eigenvalue weighted by Crippen LogP contribution is 2.39. The van der Waals surface area contributed by atoms with E-state index in [2.05, 4.69) is 136 Å². The fraction of sp³-hybridized carbons (Fsp3) is 0.0294. The number of rotatable bonds is 4. The third-order valence-electron chi connectivity index (χ3n) is 7.07. The van der Waals surface area contributed by atoms with E-state index in [0.29, 0.717) is 0 Å². The van der Waals surface area contributed by atoms with Gasteiger partial charge in [0.1, 0.15) is 0 Å². The largest absolute Gasteiger partial charge is 0.379 e. The molecule has 3 nitrogen and oxygen atoms in total. The summed E-state index contributed by atoms with van der Waals surface area (Å²) >= 11 is 0. The molecule has 0 radical (unpaired) electrons. The predicted octanol–water partition coefficient (Wildman–Crippen LogP) is 8.47. The van der Waals surface area contributed by atoms with Gasteiger partial charge in [-0.2, -0.15) is 0 Å². The molecule has 176 valence electrons. The van der Waals surface area contributed by atoms with Gasteiger partial charge in [-0.25, -0.2) is 0 Å². The Kier molecular flexibility index (Phi) is 5.18. The monoisotopic (exact) mass is 475 g/mol. The first-order valence-corrected chi connectivity index (χ1v) is 12.6. The van der Waals surface area contributed by atoms with Gasteiger partial charge in [-0.3, -0.25) is 4.98 Å². The summed E-state index contributed by atoms with van der Waals surface area (Å²) in [4.78, 5) is 4.65. The maximum Gasteiger partial charge on any atom is 0.0939 e. The number of nitrogens with zero attached hydrogens (tertiary/aromatic N) is 2. The Hall–Kier alpha value is -4.89. The van der Waals surface area contributed by atoms with Gasteiger partial charge in [0, 0.05) is 29.4 Å². The summed E-state index contributed by atoms with van der Waals surface area (Å²) in [6.45, 7) is 0.821. The molecule has 0 amide bonds. The SMILES string of the molecule is C1=Cc2c(-c3ccc(-c4ccc(-c5ccccc5)n4-c4ccccc4)cc3)cc3cccnc3c2NC1. The Morgan fingerprint density at radius 2 is 1.32 bits per heavy atom. The van der Waals surface area contributed by atoms with Crippen LogP contribution >= 0.6 is 0 Å². The van der Waals surface area contributed by atoms with Crippen LogP contribution in [0.2, 0.25) is 0 Å². The zero-order valence-electron chi connectivity index (χ0n) is 20.3. The number of pyridine rings is 1. The smallest absolute Gasteiger partial charge is 0.0939 e. The molecular formula is C34H25N3. The Morgan fingerprint density at radius 3 is 2.08 bits per heavy atom. The molecule has 0 bridgehead atoms. The molecule has 0 unspecified atom stereocenters. The van der Waals surface area contributed by atoms with Crippen LogP contribution in [0.3, 0.4) is 0 Å². The molecule has 4 aromatic carbocycles. The zero-order chi connectivity index (χ0) is 24.6. The highest BCUT2D eigenvalue weighted by molar-refractivity contribution is 6.02. The fourth-order valence-electron chi connectivity index (χ4n) is 5.34. The Morgan fingerprint density at radius 1 is 0.649 bits per heavy atom. The van der Waals surface area contributed by atoms with Crippen LogP contribution in [0.1, 0.15) is 5.56 Å². The lowest BCUT2D eigenvalue weighted by atomic mass is 9.93. The summed E-state index contributed by atoms with van der Waals surface area (Å²) in [6, 6.07) is 40.9. The molecule has 1 aliphatic rings. The van der Waals surface area contributed by atoms with E-state index in [1.807, 2.05) is 12.3 Å². The van der Waals surface area contributed by atoms with Crippen LogP contribution in [-0.4, -0.2) is 16.1 Å². The second-order valence-corrected chi connectivity index (χ2v) is 9.29. The number of benzene rings is 4. The van der Waals surface area contributed by atoms with Crippen LogP contribution in [0.25, 0.3) is 56.3 Å². The van der Waals surface area contributed by atoms with Crippen LogP contribution in [0.4, 0.5) is 5.69 Å². The van der Waals surface area contributed by atoms with E-state index in [4.69, 9.17) is 0 Å². The average Bonchev–Trinajstić information content (AvgIpc) is 3.43. The van der Waals surface area contributed by atoms with Gasteiger partial charge >= 0.3 is 0 Å². The third-order valence-corrected chi connectivity index (χ3v) is 7.07. The van der Waals surface area contributed by atoms with E-state index in [0.717, 1.165) is 28.8 Å². The molecule has 37 heavy (non-hydrogen) atoms. The lowest BCUT2D eigenvalue weighted by molar-refractivity contribution is 1.09. The first kappa shape index (κ1) is 21.4. The van der Waals surface area contributed by atoms with E-state index in [9.17, 15) is 0 Å². The number of hydrogen-bond acceptors (Lipinski definition) is 2. The lowest BCUT2D eigenvalue weighted by Crippen LogP contribution is -2.07. The van der Waals surface area contributed by atoms with E-state index in [1.54, 1.807) is 0 Å². The van der Waals surface area contributed by atoms with Crippen LogP contribution in [0.5, 0.6) is 0 Å². The van der Waals surface area contributed by atoms with Crippen molar-refractivity contribution in [1.82, 2.24) is 9.55 Å². The van der Waals surface area contributed by atoms with Crippen LogP contribution in [0, 0.1) is 0 Å². The molecule has 0 spiro atoms. The van der Waals surface area contributed by atoms with Crippen molar-refractivity contribution in [3.05, 3.63) is 133 Å². The molecule has 7 rings (SSSR count). The van der Waals surface area contributed by atoms with E-state index >= 15 is 0 Å². The van der Waals surface area contributed by atoms with E-state index in [1.165, 1.54) is 39.2 Å². The topological polar surface area (TPSA) is 29.9 Å². The minimum absolute atomic E-state index is 0.821. The molecule has 0 atom stereocenters. The van der Waals surface area contributed by atoms with Crippen molar-refractivity contribution in [2.75, 3.05) is 11.9 Å². The molecule has 0 aliphatic carbocycles. The van der Waals surface area contributed by atoms with Gasteiger partial charge in [0.15, 0.2) is 0 Å². The minimum Gasteiger partial charge on any atom is -0.379 e. The van der Waals surface area contributed by atoms with Crippen molar-refractivity contribution in [3.63, 3.8) is 0 Å². The van der Waals surface area contributed by atoms with Gasteiger partial charge < -0.3 is 9.88 Å². The molecule has 6 aromatic rings. The highest BCUT2D eigenvalue weighted by Gasteiger charge is 2.17. The second-order valence-electron chi connectivity index (χ2n) is 9.29. The van der Waals surface area contributed by atoms with E-state index in [-0.39, 0.29) is 0 Å². The maximum atomic E-state index is 4.65. The van der Waals surface area contributed by atoms with Gasteiger partial charge in [0.25, 0.3) is 0 Å². The number of anilines is 1. The summed E-state index contributed by atoms with van der Waals surface area (Å²) < 4.78 is 2.35. The number of hydrogen-bond donors (Lipinski definition) is 1. The standard InChI is InChI=1S/C34H25N3/c1-3-9-25(10-4-1)31-19-20-32(37(31)28-12-5-2-6-13-28)26-17-15-24(16-18-26)30-23-27-11-7-21-35-33(27)34-29(30)14-8-22-36-34/h1-21,23,36H,22H2. The summed E-state index contributed by atoms with van der Waals surface area (Å²) in [7, 11) is 0. The van der Waals surface area contributed by atoms with Crippen molar-refractivity contribution < 1.29 is 0 Å². The Bertz CT molecular complexity index is 1750. The van der Waals surface area contributed by atoms with Crippen molar-refractivity contribution in [1.29, 1.82) is 0 Å². The van der Waals surface area contributed by atoms with Crippen LogP contribution in [0.15, 0.2) is 128 Å². The Labute approximate surface area is 216 Å². The summed E-state index contributed by atoms with van der Waals surface area (Å²) in [5.41, 5.74) is 11.6. The molecule has 3 heterocycles. The van der Waals surface area contributed by atoms with Crippen LogP contribution in [-0.2, 0) is 0 Å². The van der Waals surface area contributed by atoms with Crippen molar-refractivity contribution in [2.24, 2.45) is 0 Å². The molecule has 3 heteroatoms. The minimum atomic E-state index is 0.821. The first-order valence-electron chi connectivity index (χ1n) is 12.6. The fourth-order valence-corrected chi connectivity index (χ4v) is 5.34. The predicted molar refractivity (Wildman–Crippen MR) is 155 cm³/mol. The summed E-state index contributed by atoms with van der Waals surface area (Å²) in [5.74, 6) is 0. The second kappa shape index (κ2) is 8.96. The van der Waals surface area contributed by atoms with Crippen LogP contribution < -0.4 is 5.32 Å². The first-order chi connectivity index (χ1) is 18.4.